The second kappa shape index (κ2) is 4.97. The molecular weight excluding hydrogens is 220 g/mol. The summed E-state index contributed by atoms with van der Waals surface area (Å²) >= 11 is 0. The quantitative estimate of drug-likeness (QED) is 0.822. The minimum Gasteiger partial charge on any atom is -0.497 e. The maximum Gasteiger partial charge on any atom is 0.258 e. The van der Waals surface area contributed by atoms with Gasteiger partial charge >= 0.3 is 0 Å². The van der Waals surface area contributed by atoms with Gasteiger partial charge in [0.25, 0.3) is 5.56 Å². The second-order valence-corrected chi connectivity index (χ2v) is 3.72. The summed E-state index contributed by atoms with van der Waals surface area (Å²) in [5.41, 5.74) is 0.451. The van der Waals surface area contributed by atoms with Gasteiger partial charge in [-0.1, -0.05) is 0 Å². The van der Waals surface area contributed by atoms with Gasteiger partial charge in [0.2, 0.25) is 0 Å². The molecule has 0 fully saturated rings. The van der Waals surface area contributed by atoms with E-state index < -0.39 is 0 Å². The summed E-state index contributed by atoms with van der Waals surface area (Å²) in [4.78, 5) is 18.8. The fourth-order valence-corrected chi connectivity index (χ4v) is 1.66. The lowest BCUT2D eigenvalue weighted by Crippen LogP contribution is -2.12. The molecule has 0 saturated heterocycles. The van der Waals surface area contributed by atoms with E-state index in [9.17, 15) is 4.79 Å². The maximum atomic E-state index is 11.8. The van der Waals surface area contributed by atoms with Crippen molar-refractivity contribution in [1.82, 2.24) is 9.97 Å². The van der Waals surface area contributed by atoms with Crippen molar-refractivity contribution in [3.63, 3.8) is 0 Å². The van der Waals surface area contributed by atoms with Crippen LogP contribution < -0.4 is 10.3 Å². The lowest BCUT2D eigenvalue weighted by molar-refractivity contribution is 0.287. The van der Waals surface area contributed by atoms with E-state index in [4.69, 9.17) is 9.84 Å². The zero-order valence-corrected chi connectivity index (χ0v) is 9.56. The van der Waals surface area contributed by atoms with Gasteiger partial charge in [0.05, 0.1) is 18.0 Å². The van der Waals surface area contributed by atoms with E-state index in [-0.39, 0.29) is 12.2 Å². The molecule has 1 aromatic heterocycles. The van der Waals surface area contributed by atoms with Crippen LogP contribution in [0, 0.1) is 0 Å². The molecule has 5 nitrogen and oxygen atoms in total. The summed E-state index contributed by atoms with van der Waals surface area (Å²) in [7, 11) is 1.57. The van der Waals surface area contributed by atoms with Gasteiger partial charge in [-0.25, -0.2) is 4.98 Å². The van der Waals surface area contributed by atoms with Crippen LogP contribution in [0.15, 0.2) is 23.0 Å². The normalized spacial score (nSPS) is 10.7. The Hall–Kier alpha value is -1.88. The van der Waals surface area contributed by atoms with Crippen molar-refractivity contribution in [2.75, 3.05) is 13.7 Å². The maximum absolute atomic E-state index is 11.8. The number of fused-ring (bicyclic) bond motifs is 1. The first-order valence-electron chi connectivity index (χ1n) is 5.42. The third-order valence-corrected chi connectivity index (χ3v) is 2.53. The molecule has 2 aromatic rings. The van der Waals surface area contributed by atoms with Crippen LogP contribution in [-0.4, -0.2) is 28.8 Å². The Labute approximate surface area is 98.1 Å². The summed E-state index contributed by atoms with van der Waals surface area (Å²) in [6.45, 7) is 0.0832. The third-order valence-electron chi connectivity index (χ3n) is 2.53. The Balaban J connectivity index is 2.50. The molecule has 0 aliphatic rings. The minimum atomic E-state index is -0.161. The Morgan fingerprint density at radius 1 is 1.47 bits per heavy atom. The fourth-order valence-electron chi connectivity index (χ4n) is 1.66. The number of rotatable bonds is 4. The third kappa shape index (κ3) is 2.45. The van der Waals surface area contributed by atoms with Gasteiger partial charge < -0.3 is 14.8 Å². The Kier molecular flexibility index (Phi) is 3.39. The van der Waals surface area contributed by atoms with Crippen LogP contribution >= 0.6 is 0 Å². The van der Waals surface area contributed by atoms with E-state index >= 15 is 0 Å². The molecule has 90 valence electrons. The highest BCUT2D eigenvalue weighted by Gasteiger charge is 2.04. The number of nitrogens with one attached hydrogen (secondary N) is 1. The fraction of sp³-hybridized carbons (Fsp3) is 0.333. The van der Waals surface area contributed by atoms with Crippen molar-refractivity contribution in [1.29, 1.82) is 0 Å². The van der Waals surface area contributed by atoms with Crippen LogP contribution in [0.4, 0.5) is 0 Å². The van der Waals surface area contributed by atoms with Gasteiger partial charge in [-0.05, 0) is 18.6 Å². The van der Waals surface area contributed by atoms with Crippen LogP contribution in [0.25, 0.3) is 10.9 Å². The van der Waals surface area contributed by atoms with Crippen molar-refractivity contribution in [3.05, 3.63) is 34.4 Å². The average Bonchev–Trinajstić information content (AvgIpc) is 2.35. The zero-order chi connectivity index (χ0) is 12.3. The molecule has 0 amide bonds. The number of aromatic nitrogens is 2. The molecular formula is C12H14N2O3. The molecule has 0 unspecified atom stereocenters. The highest BCUT2D eigenvalue weighted by molar-refractivity contribution is 5.78. The average molecular weight is 234 g/mol. The number of hydrogen-bond donors (Lipinski definition) is 2. The topological polar surface area (TPSA) is 75.2 Å². The summed E-state index contributed by atoms with van der Waals surface area (Å²) in [5.74, 6) is 1.26. The predicted octanol–water partition coefficient (Wildman–Crippen LogP) is 0.857. The van der Waals surface area contributed by atoms with Crippen molar-refractivity contribution in [3.8, 4) is 5.75 Å². The molecule has 0 atom stereocenters. The first-order valence-corrected chi connectivity index (χ1v) is 5.42. The lowest BCUT2D eigenvalue weighted by atomic mass is 10.2. The summed E-state index contributed by atoms with van der Waals surface area (Å²) < 4.78 is 5.09. The van der Waals surface area contributed by atoms with Crippen LogP contribution in [-0.2, 0) is 6.42 Å². The molecule has 0 spiro atoms. The van der Waals surface area contributed by atoms with Crippen molar-refractivity contribution >= 4 is 10.9 Å². The largest absolute Gasteiger partial charge is 0.497 e. The number of H-pyrrole nitrogens is 1. The molecule has 1 aromatic carbocycles. The number of aryl methyl sites for hydroxylation is 1. The van der Waals surface area contributed by atoms with Crippen LogP contribution in [0.3, 0.4) is 0 Å². The van der Waals surface area contributed by atoms with E-state index in [0.29, 0.717) is 35.3 Å². The number of ether oxygens (including phenoxy) is 1. The van der Waals surface area contributed by atoms with Crippen LogP contribution in [0.2, 0.25) is 0 Å². The number of benzene rings is 1. The van der Waals surface area contributed by atoms with Crippen LogP contribution in [0.1, 0.15) is 12.2 Å². The Morgan fingerprint density at radius 3 is 3.00 bits per heavy atom. The van der Waals surface area contributed by atoms with Gasteiger partial charge in [-0.2, -0.15) is 0 Å². The van der Waals surface area contributed by atoms with Crippen molar-refractivity contribution in [2.45, 2.75) is 12.8 Å². The first kappa shape index (κ1) is 11.6. The van der Waals surface area contributed by atoms with E-state index in [0.717, 1.165) is 0 Å². The van der Waals surface area contributed by atoms with E-state index in [1.807, 2.05) is 0 Å². The van der Waals surface area contributed by atoms with Crippen molar-refractivity contribution in [2.24, 2.45) is 0 Å². The Morgan fingerprint density at radius 2 is 2.29 bits per heavy atom. The molecule has 0 aliphatic heterocycles. The minimum absolute atomic E-state index is 0.0832. The van der Waals surface area contributed by atoms with Gasteiger partial charge in [0, 0.05) is 19.1 Å². The SMILES string of the molecule is COc1ccc2c(=O)[nH]c(CCCO)nc2c1. The van der Waals surface area contributed by atoms with Crippen LogP contribution in [0.5, 0.6) is 5.75 Å². The summed E-state index contributed by atoms with van der Waals surface area (Å²) in [6.07, 6.45) is 1.14. The molecule has 0 radical (unpaired) electrons. The molecule has 5 heteroatoms. The van der Waals surface area contributed by atoms with Gasteiger partial charge in [0.15, 0.2) is 0 Å². The highest BCUT2D eigenvalue weighted by Crippen LogP contribution is 2.16. The molecule has 0 aliphatic carbocycles. The van der Waals surface area contributed by atoms with Gasteiger partial charge in [-0.15, -0.1) is 0 Å². The molecule has 0 bridgehead atoms. The zero-order valence-electron chi connectivity index (χ0n) is 9.56. The summed E-state index contributed by atoms with van der Waals surface area (Å²) in [5, 5.41) is 9.29. The van der Waals surface area contributed by atoms with Crippen molar-refractivity contribution < 1.29 is 9.84 Å². The molecule has 2 rings (SSSR count). The lowest BCUT2D eigenvalue weighted by Gasteiger charge is -2.04. The molecule has 17 heavy (non-hydrogen) atoms. The van der Waals surface area contributed by atoms with E-state index in [2.05, 4.69) is 9.97 Å². The molecule has 2 N–H and O–H groups in total. The van der Waals surface area contributed by atoms with E-state index in [1.54, 1.807) is 25.3 Å². The Bertz CT molecular complexity index is 577. The van der Waals surface area contributed by atoms with Gasteiger partial charge in [-0.3, -0.25) is 4.79 Å². The smallest absolute Gasteiger partial charge is 0.258 e. The summed E-state index contributed by atoms with van der Waals surface area (Å²) in [6, 6.07) is 5.15. The first-order chi connectivity index (χ1) is 8.24. The number of hydrogen-bond acceptors (Lipinski definition) is 4. The predicted molar refractivity (Wildman–Crippen MR) is 64.3 cm³/mol. The molecule has 1 heterocycles. The number of methoxy groups -OCH3 is 1. The van der Waals surface area contributed by atoms with E-state index in [1.165, 1.54) is 0 Å². The molecule has 0 saturated carbocycles. The highest BCUT2D eigenvalue weighted by atomic mass is 16.5. The number of aromatic amines is 1. The van der Waals surface area contributed by atoms with Gasteiger partial charge in [0.1, 0.15) is 11.6 Å². The second-order valence-electron chi connectivity index (χ2n) is 3.72. The number of nitrogens with zero attached hydrogens (tertiary/aromatic N) is 1. The standard InChI is InChI=1S/C12H14N2O3/c1-17-8-4-5-9-10(7-8)13-11(3-2-6-15)14-12(9)16/h4-5,7,15H,2-3,6H2,1H3,(H,13,14,16). The number of aliphatic hydroxyl groups excluding tert-OH is 1. The monoisotopic (exact) mass is 234 g/mol. The number of aliphatic hydroxyl groups is 1.